The van der Waals surface area contributed by atoms with E-state index < -0.39 is 6.10 Å². The highest BCUT2D eigenvalue weighted by atomic mass is 16.6. The minimum Gasteiger partial charge on any atom is -0.462 e. The molecule has 0 aromatic rings. The summed E-state index contributed by atoms with van der Waals surface area (Å²) in [5.74, 6) is -0.849. The number of ether oxygens (including phenoxy) is 3. The van der Waals surface area contributed by atoms with Gasteiger partial charge in [-0.3, -0.25) is 14.4 Å². The van der Waals surface area contributed by atoms with Crippen LogP contribution in [0.15, 0.2) is 12.2 Å². The number of unbranched alkanes of at least 4 members (excludes halogenated alkanes) is 45. The fourth-order valence-corrected chi connectivity index (χ4v) is 9.55. The number of allylic oxidation sites excluding steroid dienone is 2. The first-order valence-corrected chi connectivity index (χ1v) is 31.2. The third-order valence-electron chi connectivity index (χ3n) is 14.3. The second kappa shape index (κ2) is 58.7. The van der Waals surface area contributed by atoms with Crippen LogP contribution in [0.25, 0.3) is 0 Å². The highest BCUT2D eigenvalue weighted by Crippen LogP contribution is 2.18. The Morgan fingerprint density at radius 1 is 0.275 bits per heavy atom. The van der Waals surface area contributed by atoms with Gasteiger partial charge in [0.05, 0.1) is 0 Å². The summed E-state index contributed by atoms with van der Waals surface area (Å²) >= 11 is 0. The minimum atomic E-state index is -0.768. The van der Waals surface area contributed by atoms with E-state index >= 15 is 0 Å². The van der Waals surface area contributed by atoms with Crippen molar-refractivity contribution < 1.29 is 28.6 Å². The predicted molar refractivity (Wildman–Crippen MR) is 298 cm³/mol. The average molecular weight is 974 g/mol. The Morgan fingerprint density at radius 3 is 0.768 bits per heavy atom. The van der Waals surface area contributed by atoms with Gasteiger partial charge in [0.2, 0.25) is 0 Å². The summed E-state index contributed by atoms with van der Waals surface area (Å²) in [5.41, 5.74) is 0. The molecule has 6 heteroatoms. The van der Waals surface area contributed by atoms with Crippen LogP contribution in [0.4, 0.5) is 0 Å². The molecule has 0 amide bonds. The number of hydrogen-bond donors (Lipinski definition) is 0. The van der Waals surface area contributed by atoms with Crippen molar-refractivity contribution in [1.82, 2.24) is 0 Å². The van der Waals surface area contributed by atoms with Crippen LogP contribution in [0.1, 0.15) is 355 Å². The molecule has 0 heterocycles. The Balaban J connectivity index is 4.19. The van der Waals surface area contributed by atoms with Crippen LogP contribution in [0.5, 0.6) is 0 Å². The van der Waals surface area contributed by atoms with Crippen molar-refractivity contribution in [2.45, 2.75) is 361 Å². The summed E-state index contributed by atoms with van der Waals surface area (Å²) in [6, 6.07) is 0. The minimum absolute atomic E-state index is 0.0663. The van der Waals surface area contributed by atoms with Gasteiger partial charge in [-0.05, 0) is 38.5 Å². The Morgan fingerprint density at radius 2 is 0.493 bits per heavy atom. The van der Waals surface area contributed by atoms with E-state index in [2.05, 4.69) is 32.9 Å². The van der Waals surface area contributed by atoms with E-state index in [1.165, 1.54) is 250 Å². The normalized spacial score (nSPS) is 12.0. The van der Waals surface area contributed by atoms with Crippen molar-refractivity contribution in [2.75, 3.05) is 13.2 Å². The van der Waals surface area contributed by atoms with Gasteiger partial charge in [0.1, 0.15) is 13.2 Å². The predicted octanol–water partition coefficient (Wildman–Crippen LogP) is 20.9. The average Bonchev–Trinajstić information content (AvgIpc) is 3.35. The van der Waals surface area contributed by atoms with Crippen LogP contribution in [0, 0.1) is 0 Å². The quantitative estimate of drug-likeness (QED) is 0.0261. The molecule has 0 radical (unpaired) electrons. The number of carbonyl (C=O) groups excluding carboxylic acids is 3. The fraction of sp³-hybridized carbons (Fsp3) is 0.921. The molecule has 0 saturated heterocycles. The standard InChI is InChI=1S/C63H120O6/c1-4-7-10-13-16-19-22-24-26-28-29-30-31-32-33-35-36-38-41-44-47-50-53-56-62(65)68-59-60(58-67-61(64)55-52-49-46-43-40-21-18-15-12-9-6-3)69-63(66)57-54-51-48-45-42-39-37-34-27-25-23-20-17-14-11-8-5-2/h15,18,60H,4-14,16-17,19-59H2,1-3H3/b18-15-. The van der Waals surface area contributed by atoms with Crippen molar-refractivity contribution in [3.8, 4) is 0 Å². The van der Waals surface area contributed by atoms with Crippen LogP contribution in [0.3, 0.4) is 0 Å². The SMILES string of the molecule is CCCC/C=C\CCCCCCCC(=O)OCC(COC(=O)CCCCCCCCCCCCCCCCCCCCCCCCC)OC(=O)CCCCCCCCCCCCCCCCCCC. The largest absolute Gasteiger partial charge is 0.462 e. The first-order valence-electron chi connectivity index (χ1n) is 31.2. The maximum absolute atomic E-state index is 12.9. The molecular formula is C63H120O6. The van der Waals surface area contributed by atoms with Gasteiger partial charge >= 0.3 is 17.9 Å². The zero-order chi connectivity index (χ0) is 50.0. The van der Waals surface area contributed by atoms with Gasteiger partial charge in [-0.25, -0.2) is 0 Å². The molecule has 0 aliphatic rings. The van der Waals surface area contributed by atoms with E-state index in [4.69, 9.17) is 14.2 Å². The van der Waals surface area contributed by atoms with Gasteiger partial charge in [0, 0.05) is 19.3 Å². The van der Waals surface area contributed by atoms with Gasteiger partial charge in [-0.1, -0.05) is 309 Å². The molecule has 408 valence electrons. The molecule has 0 aliphatic carbocycles. The van der Waals surface area contributed by atoms with E-state index in [9.17, 15) is 14.4 Å². The van der Waals surface area contributed by atoms with Crippen molar-refractivity contribution >= 4 is 17.9 Å². The van der Waals surface area contributed by atoms with Gasteiger partial charge in [0.15, 0.2) is 6.10 Å². The lowest BCUT2D eigenvalue weighted by Gasteiger charge is -2.18. The molecular weight excluding hydrogens is 853 g/mol. The summed E-state index contributed by atoms with van der Waals surface area (Å²) < 4.78 is 16.9. The molecule has 0 fully saturated rings. The summed E-state index contributed by atoms with van der Waals surface area (Å²) in [6.07, 6.45) is 67.9. The lowest BCUT2D eigenvalue weighted by atomic mass is 10.0. The molecule has 69 heavy (non-hydrogen) atoms. The van der Waals surface area contributed by atoms with Gasteiger partial charge in [-0.15, -0.1) is 0 Å². The fourth-order valence-electron chi connectivity index (χ4n) is 9.55. The molecule has 0 bridgehead atoms. The van der Waals surface area contributed by atoms with E-state index in [0.717, 1.165) is 64.2 Å². The topological polar surface area (TPSA) is 78.9 Å². The van der Waals surface area contributed by atoms with Crippen LogP contribution in [0.2, 0.25) is 0 Å². The van der Waals surface area contributed by atoms with Gasteiger partial charge in [-0.2, -0.15) is 0 Å². The third-order valence-corrected chi connectivity index (χ3v) is 14.3. The first-order chi connectivity index (χ1) is 34.0. The summed E-state index contributed by atoms with van der Waals surface area (Å²) in [5, 5.41) is 0. The van der Waals surface area contributed by atoms with E-state index in [1.54, 1.807) is 0 Å². The maximum Gasteiger partial charge on any atom is 0.306 e. The number of hydrogen-bond acceptors (Lipinski definition) is 6. The molecule has 6 nitrogen and oxygen atoms in total. The lowest BCUT2D eigenvalue weighted by Crippen LogP contribution is -2.30. The number of carbonyl (C=O) groups is 3. The summed E-state index contributed by atoms with van der Waals surface area (Å²) in [7, 11) is 0. The van der Waals surface area contributed by atoms with Crippen LogP contribution in [-0.4, -0.2) is 37.2 Å². The number of rotatable bonds is 58. The second-order valence-electron chi connectivity index (χ2n) is 21.3. The molecule has 1 atom stereocenters. The van der Waals surface area contributed by atoms with Crippen LogP contribution in [-0.2, 0) is 28.6 Å². The van der Waals surface area contributed by atoms with Crippen LogP contribution < -0.4 is 0 Å². The maximum atomic E-state index is 12.9. The van der Waals surface area contributed by atoms with Crippen molar-refractivity contribution in [2.24, 2.45) is 0 Å². The molecule has 0 aromatic heterocycles. The molecule has 0 spiro atoms. The van der Waals surface area contributed by atoms with Crippen LogP contribution >= 0.6 is 0 Å². The molecule has 0 aliphatic heterocycles. The summed E-state index contributed by atoms with van der Waals surface area (Å²) in [6.45, 7) is 6.67. The van der Waals surface area contributed by atoms with E-state index in [0.29, 0.717) is 19.3 Å². The Labute approximate surface area is 431 Å². The highest BCUT2D eigenvalue weighted by Gasteiger charge is 2.19. The molecule has 0 aromatic carbocycles. The van der Waals surface area contributed by atoms with Crippen molar-refractivity contribution in [1.29, 1.82) is 0 Å². The Bertz CT molecular complexity index is 1070. The van der Waals surface area contributed by atoms with E-state index in [-0.39, 0.29) is 31.1 Å². The molecule has 1 unspecified atom stereocenters. The molecule has 0 rings (SSSR count). The highest BCUT2D eigenvalue weighted by molar-refractivity contribution is 5.71. The molecule has 0 saturated carbocycles. The monoisotopic (exact) mass is 973 g/mol. The zero-order valence-corrected chi connectivity index (χ0v) is 46.9. The lowest BCUT2D eigenvalue weighted by molar-refractivity contribution is -0.167. The zero-order valence-electron chi connectivity index (χ0n) is 46.9. The number of esters is 3. The second-order valence-corrected chi connectivity index (χ2v) is 21.3. The Kier molecular flexibility index (Phi) is 57.1. The first kappa shape index (κ1) is 67.1. The van der Waals surface area contributed by atoms with E-state index in [1.807, 2.05) is 0 Å². The third kappa shape index (κ3) is 56.9. The smallest absolute Gasteiger partial charge is 0.306 e. The summed E-state index contributed by atoms with van der Waals surface area (Å²) in [4.78, 5) is 38.2. The Hall–Kier alpha value is -1.85. The van der Waals surface area contributed by atoms with Gasteiger partial charge in [0.25, 0.3) is 0 Å². The molecule has 0 N–H and O–H groups in total. The van der Waals surface area contributed by atoms with Crippen molar-refractivity contribution in [3.63, 3.8) is 0 Å². The van der Waals surface area contributed by atoms with Crippen molar-refractivity contribution in [3.05, 3.63) is 12.2 Å². The van der Waals surface area contributed by atoms with Gasteiger partial charge < -0.3 is 14.2 Å².